The summed E-state index contributed by atoms with van der Waals surface area (Å²) in [7, 11) is 0. The number of imidazole rings is 1. The van der Waals surface area contributed by atoms with Gasteiger partial charge >= 0.3 is 0 Å². The Kier molecular flexibility index (Phi) is 5.44. The SMILES string of the molecule is OC[C@H]1OC(C2(n3cnc4c(Cl)nc(Cl)nc43)O[C@H](CO)[C@@H](O)[C@H]2O)[C@H](O)[C@@H]1O. The molecule has 2 unspecified atom stereocenters. The second-order valence-electron chi connectivity index (χ2n) is 6.86. The summed E-state index contributed by atoms with van der Waals surface area (Å²) < 4.78 is 12.5. The first-order chi connectivity index (χ1) is 13.8. The Morgan fingerprint density at radius 1 is 1.00 bits per heavy atom. The average molecular weight is 453 g/mol. The highest BCUT2D eigenvalue weighted by Gasteiger charge is 2.66. The zero-order chi connectivity index (χ0) is 21.1. The van der Waals surface area contributed by atoms with E-state index >= 15 is 0 Å². The first-order valence-electron chi connectivity index (χ1n) is 8.60. The lowest BCUT2D eigenvalue weighted by Crippen LogP contribution is -2.58. The van der Waals surface area contributed by atoms with Gasteiger partial charge in [0.2, 0.25) is 11.0 Å². The molecule has 14 heteroatoms. The summed E-state index contributed by atoms with van der Waals surface area (Å²) in [5.41, 5.74) is -2.04. The van der Waals surface area contributed by atoms with Crippen molar-refractivity contribution in [3.05, 3.63) is 16.8 Å². The van der Waals surface area contributed by atoms with Gasteiger partial charge in [0.1, 0.15) is 48.2 Å². The molecule has 4 heterocycles. The lowest BCUT2D eigenvalue weighted by atomic mass is 9.92. The number of ether oxygens (including phenoxy) is 2. The molecule has 2 aliphatic heterocycles. The van der Waals surface area contributed by atoms with E-state index in [0.29, 0.717) is 0 Å². The standard InChI is InChI=1S/C15H18Cl2N4O8/c16-12-6-13(20-14(17)19-12)21(3-18-6)15(10(27)8(25)5(2-23)29-15)11-9(26)7(24)4(1-22)28-11/h3-5,7-11,22-27H,1-2H2/t4-,5-,7-,8-,9-,10-,11?,15?/m1/s1. The molecule has 2 aromatic rings. The summed E-state index contributed by atoms with van der Waals surface area (Å²) >= 11 is 11.9. The van der Waals surface area contributed by atoms with Crippen LogP contribution in [0, 0.1) is 0 Å². The normalized spacial score (nSPS) is 40.2. The van der Waals surface area contributed by atoms with Gasteiger partial charge in [-0.1, -0.05) is 11.6 Å². The smallest absolute Gasteiger partial charge is 0.225 e. The molecule has 4 rings (SSSR count). The molecule has 2 aliphatic rings. The molecule has 0 aliphatic carbocycles. The van der Waals surface area contributed by atoms with Gasteiger partial charge in [0.15, 0.2) is 10.8 Å². The van der Waals surface area contributed by atoms with Gasteiger partial charge in [0.05, 0.1) is 19.5 Å². The predicted octanol–water partition coefficient (Wildman–Crippen LogP) is -2.62. The molecule has 0 aromatic carbocycles. The third-order valence-electron chi connectivity index (χ3n) is 5.30. The minimum Gasteiger partial charge on any atom is -0.394 e. The molecule has 160 valence electrons. The van der Waals surface area contributed by atoms with E-state index in [1.165, 1.54) is 0 Å². The minimum absolute atomic E-state index is 0.0161. The number of hydrogen-bond donors (Lipinski definition) is 6. The molecule has 6 N–H and O–H groups in total. The van der Waals surface area contributed by atoms with Crippen LogP contribution in [0.2, 0.25) is 10.4 Å². The van der Waals surface area contributed by atoms with Gasteiger partial charge in [0, 0.05) is 0 Å². The van der Waals surface area contributed by atoms with E-state index in [0.717, 1.165) is 10.9 Å². The monoisotopic (exact) mass is 452 g/mol. The van der Waals surface area contributed by atoms with Crippen LogP contribution in [0.25, 0.3) is 11.2 Å². The zero-order valence-electron chi connectivity index (χ0n) is 14.6. The van der Waals surface area contributed by atoms with Crippen LogP contribution in [-0.4, -0.2) is 106 Å². The van der Waals surface area contributed by atoms with Crippen LogP contribution in [0.4, 0.5) is 0 Å². The molecule has 0 radical (unpaired) electrons. The van der Waals surface area contributed by atoms with Crippen LogP contribution < -0.4 is 0 Å². The van der Waals surface area contributed by atoms with Gasteiger partial charge in [-0.05, 0) is 11.6 Å². The van der Waals surface area contributed by atoms with Gasteiger partial charge in [-0.2, -0.15) is 4.98 Å². The highest BCUT2D eigenvalue weighted by molar-refractivity contribution is 6.35. The van der Waals surface area contributed by atoms with E-state index in [1.54, 1.807) is 0 Å². The van der Waals surface area contributed by atoms with Crippen molar-refractivity contribution in [1.29, 1.82) is 0 Å². The number of aliphatic hydroxyl groups is 6. The summed E-state index contributed by atoms with van der Waals surface area (Å²) in [4.78, 5) is 11.9. The second-order valence-corrected chi connectivity index (χ2v) is 7.55. The number of aromatic nitrogens is 4. The molecule has 0 saturated carbocycles. The molecule has 29 heavy (non-hydrogen) atoms. The Morgan fingerprint density at radius 3 is 2.28 bits per heavy atom. The fourth-order valence-corrected chi connectivity index (χ4v) is 4.31. The number of fused-ring (bicyclic) bond motifs is 1. The largest absolute Gasteiger partial charge is 0.394 e. The Balaban J connectivity index is 1.94. The average Bonchev–Trinajstić information content (AvgIpc) is 3.32. The Labute approximate surface area is 172 Å². The molecule has 2 saturated heterocycles. The molecule has 8 atom stereocenters. The van der Waals surface area contributed by atoms with Gasteiger partial charge < -0.3 is 40.1 Å². The van der Waals surface area contributed by atoms with Gasteiger partial charge in [0.25, 0.3) is 0 Å². The molecular formula is C15H18Cl2N4O8. The van der Waals surface area contributed by atoms with Crippen LogP contribution in [0.15, 0.2) is 6.33 Å². The van der Waals surface area contributed by atoms with Crippen molar-refractivity contribution in [2.45, 2.75) is 48.5 Å². The fourth-order valence-electron chi connectivity index (χ4n) is 3.88. The lowest BCUT2D eigenvalue weighted by Gasteiger charge is -2.39. The van der Waals surface area contributed by atoms with Gasteiger partial charge in [-0.15, -0.1) is 0 Å². The highest BCUT2D eigenvalue weighted by Crippen LogP contribution is 2.45. The number of rotatable bonds is 4. The highest BCUT2D eigenvalue weighted by atomic mass is 35.5. The van der Waals surface area contributed by atoms with Crippen LogP contribution in [0.5, 0.6) is 0 Å². The summed E-state index contributed by atoms with van der Waals surface area (Å²) in [6.07, 6.45) is -9.32. The molecule has 0 spiro atoms. The zero-order valence-corrected chi connectivity index (χ0v) is 16.1. The topological polar surface area (TPSA) is 183 Å². The Bertz CT molecular complexity index is 918. The maximum Gasteiger partial charge on any atom is 0.225 e. The molecule has 0 amide bonds. The quantitative estimate of drug-likeness (QED) is 0.211. The summed E-state index contributed by atoms with van der Waals surface area (Å²) in [5.74, 6) is 0. The molecule has 2 fully saturated rings. The summed E-state index contributed by atoms with van der Waals surface area (Å²) in [6.45, 7) is -1.30. The van der Waals surface area contributed by atoms with Gasteiger partial charge in [-0.3, -0.25) is 4.57 Å². The van der Waals surface area contributed by atoms with Crippen LogP contribution >= 0.6 is 23.2 Å². The number of aliphatic hydroxyl groups excluding tert-OH is 6. The van der Waals surface area contributed by atoms with E-state index in [4.69, 9.17) is 32.7 Å². The van der Waals surface area contributed by atoms with Crippen molar-refractivity contribution in [2.24, 2.45) is 0 Å². The van der Waals surface area contributed by atoms with Gasteiger partial charge in [-0.25, -0.2) is 9.97 Å². The third kappa shape index (κ3) is 2.95. The van der Waals surface area contributed by atoms with Crippen molar-refractivity contribution >= 4 is 34.4 Å². The third-order valence-corrected chi connectivity index (χ3v) is 5.73. The maximum atomic E-state index is 10.9. The van der Waals surface area contributed by atoms with E-state index in [2.05, 4.69) is 15.0 Å². The number of nitrogens with zero attached hydrogens (tertiary/aromatic N) is 4. The van der Waals surface area contributed by atoms with Crippen molar-refractivity contribution in [3.63, 3.8) is 0 Å². The minimum atomic E-state index is -2.10. The van der Waals surface area contributed by atoms with E-state index in [1.807, 2.05) is 0 Å². The molecule has 12 nitrogen and oxygen atoms in total. The van der Waals surface area contributed by atoms with Crippen molar-refractivity contribution in [1.82, 2.24) is 19.5 Å². The second kappa shape index (κ2) is 7.50. The summed E-state index contributed by atoms with van der Waals surface area (Å²) in [5, 5.41) is 60.8. The van der Waals surface area contributed by atoms with Crippen molar-refractivity contribution in [2.75, 3.05) is 13.2 Å². The summed E-state index contributed by atoms with van der Waals surface area (Å²) in [6, 6.07) is 0. The van der Waals surface area contributed by atoms with Crippen molar-refractivity contribution in [3.8, 4) is 0 Å². The number of hydrogen-bond acceptors (Lipinski definition) is 11. The lowest BCUT2D eigenvalue weighted by molar-refractivity contribution is -0.231. The van der Waals surface area contributed by atoms with Crippen molar-refractivity contribution < 1.29 is 40.1 Å². The first-order valence-corrected chi connectivity index (χ1v) is 9.35. The predicted molar refractivity (Wildman–Crippen MR) is 95.0 cm³/mol. The Morgan fingerprint density at radius 2 is 1.69 bits per heavy atom. The fraction of sp³-hybridized carbons (Fsp3) is 0.667. The van der Waals surface area contributed by atoms with Crippen LogP contribution in [0.1, 0.15) is 0 Å². The van der Waals surface area contributed by atoms with E-state index in [-0.39, 0.29) is 21.6 Å². The first kappa shape index (κ1) is 21.1. The van der Waals surface area contributed by atoms with Crippen LogP contribution in [-0.2, 0) is 15.2 Å². The maximum absolute atomic E-state index is 10.9. The molecule has 0 bridgehead atoms. The van der Waals surface area contributed by atoms with E-state index < -0.39 is 61.7 Å². The van der Waals surface area contributed by atoms with Crippen LogP contribution in [0.3, 0.4) is 0 Å². The number of halogens is 2. The Hall–Kier alpha value is -1.19. The molecular weight excluding hydrogens is 435 g/mol. The van der Waals surface area contributed by atoms with E-state index in [9.17, 15) is 30.6 Å². The molecule has 2 aromatic heterocycles.